The van der Waals surface area contributed by atoms with Crippen LogP contribution in [0.25, 0.3) is 0 Å². The van der Waals surface area contributed by atoms with Crippen molar-refractivity contribution in [2.24, 2.45) is 5.73 Å². The molecule has 0 saturated carbocycles. The highest BCUT2D eigenvalue weighted by atomic mass is 16.5. The largest absolute Gasteiger partial charge is 0.493 e. The van der Waals surface area contributed by atoms with E-state index in [9.17, 15) is 4.79 Å². The van der Waals surface area contributed by atoms with Crippen LogP contribution < -0.4 is 25.3 Å². The van der Waals surface area contributed by atoms with Crippen molar-refractivity contribution in [3.8, 4) is 17.2 Å². The molecule has 3 N–H and O–H groups in total. The van der Waals surface area contributed by atoms with Gasteiger partial charge in [-0.1, -0.05) is 44.2 Å². The van der Waals surface area contributed by atoms with Crippen LogP contribution >= 0.6 is 0 Å². The first-order valence-corrected chi connectivity index (χ1v) is 9.47. The normalized spacial score (nSPS) is 11.0. The Hall–Kier alpha value is -2.73. The third kappa shape index (κ3) is 4.95. The van der Waals surface area contributed by atoms with Crippen LogP contribution in [-0.4, -0.2) is 32.2 Å². The third-order valence-corrected chi connectivity index (χ3v) is 5.07. The fourth-order valence-electron chi connectivity index (χ4n) is 2.96. The first-order chi connectivity index (χ1) is 13.5. The molecule has 0 spiro atoms. The van der Waals surface area contributed by atoms with Gasteiger partial charge in [-0.3, -0.25) is 4.79 Å². The van der Waals surface area contributed by atoms with Crippen molar-refractivity contribution in [2.45, 2.75) is 38.8 Å². The molecule has 0 atom stereocenters. The summed E-state index contributed by atoms with van der Waals surface area (Å²) < 4.78 is 16.9. The van der Waals surface area contributed by atoms with Gasteiger partial charge in [-0.15, -0.1) is 0 Å². The molecule has 152 valence electrons. The Morgan fingerprint density at radius 3 is 2.07 bits per heavy atom. The summed E-state index contributed by atoms with van der Waals surface area (Å²) in [6, 6.07) is 13.1. The maximum Gasteiger partial charge on any atom is 0.252 e. The molecular formula is C22H30N2O4. The summed E-state index contributed by atoms with van der Waals surface area (Å²) in [6.07, 6.45) is 1.50. The number of nitrogens with one attached hydrogen (secondary N) is 1. The molecule has 6 heteroatoms. The Labute approximate surface area is 167 Å². The summed E-state index contributed by atoms with van der Waals surface area (Å²) >= 11 is 0. The van der Waals surface area contributed by atoms with Gasteiger partial charge in [0.1, 0.15) is 6.61 Å². The van der Waals surface area contributed by atoms with Gasteiger partial charge >= 0.3 is 0 Å². The van der Waals surface area contributed by atoms with Gasteiger partial charge in [0.15, 0.2) is 11.5 Å². The van der Waals surface area contributed by atoms with E-state index in [1.165, 1.54) is 14.2 Å². The van der Waals surface area contributed by atoms with Gasteiger partial charge in [0.2, 0.25) is 5.75 Å². The first kappa shape index (κ1) is 21.6. The van der Waals surface area contributed by atoms with E-state index in [4.69, 9.17) is 19.9 Å². The van der Waals surface area contributed by atoms with Gasteiger partial charge in [0.25, 0.3) is 5.91 Å². The van der Waals surface area contributed by atoms with E-state index in [0.29, 0.717) is 36.0 Å². The van der Waals surface area contributed by atoms with Crippen molar-refractivity contribution in [1.29, 1.82) is 0 Å². The van der Waals surface area contributed by atoms with E-state index < -0.39 is 5.54 Å². The highest BCUT2D eigenvalue weighted by molar-refractivity contribution is 5.96. The van der Waals surface area contributed by atoms with Crippen LogP contribution in [0.2, 0.25) is 0 Å². The van der Waals surface area contributed by atoms with Crippen molar-refractivity contribution < 1.29 is 19.0 Å². The van der Waals surface area contributed by atoms with Crippen molar-refractivity contribution in [3.05, 3.63) is 53.6 Å². The maximum absolute atomic E-state index is 12.8. The van der Waals surface area contributed by atoms with Crippen molar-refractivity contribution >= 4 is 5.91 Å². The lowest BCUT2D eigenvalue weighted by Gasteiger charge is -2.31. The van der Waals surface area contributed by atoms with Crippen molar-refractivity contribution in [3.63, 3.8) is 0 Å². The second-order valence-electron chi connectivity index (χ2n) is 6.63. The summed E-state index contributed by atoms with van der Waals surface area (Å²) in [4.78, 5) is 12.8. The Bertz CT molecular complexity index is 740. The summed E-state index contributed by atoms with van der Waals surface area (Å²) in [5, 5.41) is 3.06. The number of benzene rings is 2. The molecule has 2 aromatic carbocycles. The van der Waals surface area contributed by atoms with Gasteiger partial charge in [-0.05, 0) is 30.5 Å². The number of carbonyl (C=O) groups is 1. The summed E-state index contributed by atoms with van der Waals surface area (Å²) in [6.45, 7) is 4.76. The Balaban J connectivity index is 2.29. The molecular weight excluding hydrogens is 356 g/mol. The molecule has 1 amide bonds. The van der Waals surface area contributed by atoms with Crippen LogP contribution in [0.15, 0.2) is 42.5 Å². The number of rotatable bonds is 10. The van der Waals surface area contributed by atoms with E-state index in [1.807, 2.05) is 44.2 Å². The zero-order valence-corrected chi connectivity index (χ0v) is 17.1. The Kier molecular flexibility index (Phi) is 7.70. The van der Waals surface area contributed by atoms with Crippen molar-refractivity contribution in [1.82, 2.24) is 5.32 Å². The number of carbonyl (C=O) groups excluding carboxylic acids is 1. The van der Waals surface area contributed by atoms with Crippen LogP contribution in [0.5, 0.6) is 17.2 Å². The second kappa shape index (κ2) is 9.99. The fourth-order valence-corrected chi connectivity index (χ4v) is 2.96. The van der Waals surface area contributed by atoms with E-state index in [-0.39, 0.29) is 5.91 Å². The van der Waals surface area contributed by atoms with Gasteiger partial charge in [0, 0.05) is 12.1 Å². The smallest absolute Gasteiger partial charge is 0.252 e. The van der Waals surface area contributed by atoms with Gasteiger partial charge < -0.3 is 25.3 Å². The highest BCUT2D eigenvalue weighted by Crippen LogP contribution is 2.39. The van der Waals surface area contributed by atoms with Crippen LogP contribution in [0, 0.1) is 0 Å². The van der Waals surface area contributed by atoms with Crippen molar-refractivity contribution in [2.75, 3.05) is 20.8 Å². The lowest BCUT2D eigenvalue weighted by molar-refractivity contribution is 0.0894. The average molecular weight is 386 g/mol. The predicted octanol–water partition coefficient (Wildman–Crippen LogP) is 3.53. The quantitative estimate of drug-likeness (QED) is 0.653. The number of hydrogen-bond donors (Lipinski definition) is 2. The molecule has 0 aliphatic heterocycles. The fraction of sp³-hybridized carbons (Fsp3) is 0.409. The number of ether oxygens (including phenoxy) is 3. The molecule has 28 heavy (non-hydrogen) atoms. The van der Waals surface area contributed by atoms with Crippen LogP contribution in [0.3, 0.4) is 0 Å². The molecule has 0 fully saturated rings. The standard InChI is InChI=1S/C22H30N2O4/c1-5-22(6-2,15-23)24-21(25)17-12-18(26-3)20(19(13-17)27-4)28-14-16-10-8-7-9-11-16/h7-13H,5-6,14-15,23H2,1-4H3,(H,24,25). The Morgan fingerprint density at radius 1 is 1.04 bits per heavy atom. The van der Waals surface area contributed by atoms with E-state index >= 15 is 0 Å². The van der Waals surface area contributed by atoms with Crippen LogP contribution in [-0.2, 0) is 6.61 Å². The molecule has 2 rings (SSSR count). The third-order valence-electron chi connectivity index (χ3n) is 5.07. The van der Waals surface area contributed by atoms with Gasteiger partial charge in [-0.25, -0.2) is 0 Å². The van der Waals surface area contributed by atoms with E-state index in [1.54, 1.807) is 12.1 Å². The predicted molar refractivity (Wildman–Crippen MR) is 110 cm³/mol. The monoisotopic (exact) mass is 386 g/mol. The molecule has 0 saturated heterocycles. The minimum absolute atomic E-state index is 0.222. The SMILES string of the molecule is CCC(CC)(CN)NC(=O)c1cc(OC)c(OCc2ccccc2)c(OC)c1. The minimum Gasteiger partial charge on any atom is -0.493 e. The molecule has 0 aliphatic carbocycles. The lowest BCUT2D eigenvalue weighted by atomic mass is 9.92. The molecule has 0 heterocycles. The minimum atomic E-state index is -0.431. The molecule has 0 radical (unpaired) electrons. The van der Waals surface area contributed by atoms with E-state index in [0.717, 1.165) is 18.4 Å². The summed E-state index contributed by atoms with van der Waals surface area (Å²) in [5.74, 6) is 1.11. The number of amides is 1. The molecule has 0 aromatic heterocycles. The van der Waals surface area contributed by atoms with Gasteiger partial charge in [0.05, 0.1) is 19.8 Å². The van der Waals surface area contributed by atoms with Crippen LogP contribution in [0.4, 0.5) is 0 Å². The molecule has 0 unspecified atom stereocenters. The Morgan fingerprint density at radius 2 is 1.61 bits per heavy atom. The highest BCUT2D eigenvalue weighted by Gasteiger charge is 2.28. The number of nitrogens with two attached hydrogens (primary N) is 1. The molecule has 0 aliphatic rings. The first-order valence-electron chi connectivity index (χ1n) is 9.47. The van der Waals surface area contributed by atoms with Gasteiger partial charge in [-0.2, -0.15) is 0 Å². The zero-order chi connectivity index (χ0) is 20.6. The van der Waals surface area contributed by atoms with E-state index in [2.05, 4.69) is 5.32 Å². The number of methoxy groups -OCH3 is 2. The molecule has 2 aromatic rings. The topological polar surface area (TPSA) is 82.8 Å². The number of hydrogen-bond acceptors (Lipinski definition) is 5. The molecule has 6 nitrogen and oxygen atoms in total. The zero-order valence-electron chi connectivity index (χ0n) is 17.1. The maximum atomic E-state index is 12.8. The lowest BCUT2D eigenvalue weighted by Crippen LogP contribution is -2.52. The summed E-state index contributed by atoms with van der Waals surface area (Å²) in [5.41, 5.74) is 6.92. The molecule has 0 bridgehead atoms. The average Bonchev–Trinajstić information content (AvgIpc) is 2.76. The summed E-state index contributed by atoms with van der Waals surface area (Å²) in [7, 11) is 3.07. The second-order valence-corrected chi connectivity index (χ2v) is 6.63. The van der Waals surface area contributed by atoms with Crippen LogP contribution in [0.1, 0.15) is 42.6 Å².